The molecule has 0 saturated carbocycles. The van der Waals surface area contributed by atoms with Gasteiger partial charge in [0.25, 0.3) is 16.8 Å². The van der Waals surface area contributed by atoms with E-state index < -0.39 is 28.4 Å². The minimum Gasteiger partial charge on any atom is -0.491 e. The summed E-state index contributed by atoms with van der Waals surface area (Å²) < 4.78 is 5.57. The first kappa shape index (κ1) is 21.3. The lowest BCUT2D eigenvalue weighted by atomic mass is 10.1. The molecule has 0 atom stereocenters. The van der Waals surface area contributed by atoms with Crippen LogP contribution < -0.4 is 4.74 Å². The first-order chi connectivity index (χ1) is 14.2. The summed E-state index contributed by atoms with van der Waals surface area (Å²) in [6, 6.07) is 12.1. The summed E-state index contributed by atoms with van der Waals surface area (Å²) in [4.78, 5) is 48.5. The van der Waals surface area contributed by atoms with Gasteiger partial charge in [0.1, 0.15) is 5.75 Å². The van der Waals surface area contributed by atoms with Crippen LogP contribution >= 0.6 is 11.8 Å². The molecule has 30 heavy (non-hydrogen) atoms. The Morgan fingerprint density at radius 1 is 1.13 bits per heavy atom. The van der Waals surface area contributed by atoms with Crippen LogP contribution in [0, 0.1) is 10.1 Å². The Morgan fingerprint density at radius 2 is 1.77 bits per heavy atom. The van der Waals surface area contributed by atoms with Crippen molar-refractivity contribution in [1.29, 1.82) is 0 Å². The SMILES string of the molecule is CC(C)Oc1ccc(/C=C2\SC(=O)N(CC(=O)c3ccc([N+](=O)[O-])cc3)C2=O)cc1. The highest BCUT2D eigenvalue weighted by atomic mass is 32.2. The third-order valence-electron chi connectivity index (χ3n) is 4.13. The molecular formula is C21H18N2O6S. The highest BCUT2D eigenvalue weighted by Gasteiger charge is 2.36. The van der Waals surface area contributed by atoms with Gasteiger partial charge in [-0.15, -0.1) is 0 Å². The van der Waals surface area contributed by atoms with Crippen LogP contribution in [0.2, 0.25) is 0 Å². The molecule has 2 aromatic rings. The van der Waals surface area contributed by atoms with Crippen molar-refractivity contribution in [3.8, 4) is 5.75 Å². The quantitative estimate of drug-likeness (QED) is 0.281. The third kappa shape index (κ3) is 4.93. The van der Waals surface area contributed by atoms with Crippen LogP contribution in [0.1, 0.15) is 29.8 Å². The maximum Gasteiger partial charge on any atom is 0.293 e. The molecular weight excluding hydrogens is 408 g/mol. The van der Waals surface area contributed by atoms with E-state index in [4.69, 9.17) is 4.74 Å². The van der Waals surface area contributed by atoms with Crippen molar-refractivity contribution in [3.63, 3.8) is 0 Å². The fraction of sp³-hybridized carbons (Fsp3) is 0.190. The summed E-state index contributed by atoms with van der Waals surface area (Å²) in [5, 5.41) is 10.2. The van der Waals surface area contributed by atoms with E-state index >= 15 is 0 Å². The van der Waals surface area contributed by atoms with E-state index in [-0.39, 0.29) is 22.3 Å². The molecule has 1 saturated heterocycles. The minimum absolute atomic E-state index is 0.0423. The predicted octanol–water partition coefficient (Wildman–Crippen LogP) is 4.30. The van der Waals surface area contributed by atoms with Gasteiger partial charge in [0.15, 0.2) is 5.78 Å². The molecule has 0 N–H and O–H groups in total. The number of nitro groups is 1. The molecule has 2 amide bonds. The number of Topliss-reactive ketones (excluding diaryl/α,β-unsaturated/α-hetero) is 1. The summed E-state index contributed by atoms with van der Waals surface area (Å²) in [6.07, 6.45) is 1.63. The number of thioether (sulfide) groups is 1. The van der Waals surface area contributed by atoms with Gasteiger partial charge >= 0.3 is 0 Å². The van der Waals surface area contributed by atoms with Crippen molar-refractivity contribution in [3.05, 3.63) is 74.7 Å². The fourth-order valence-corrected chi connectivity index (χ4v) is 3.54. The molecule has 8 nitrogen and oxygen atoms in total. The van der Waals surface area contributed by atoms with Crippen LogP contribution in [-0.2, 0) is 4.79 Å². The Balaban J connectivity index is 1.70. The molecule has 9 heteroatoms. The van der Waals surface area contributed by atoms with Crippen LogP contribution in [0.3, 0.4) is 0 Å². The molecule has 154 valence electrons. The van der Waals surface area contributed by atoms with Gasteiger partial charge < -0.3 is 4.74 Å². The lowest BCUT2D eigenvalue weighted by Gasteiger charge is -2.11. The van der Waals surface area contributed by atoms with Crippen molar-refractivity contribution in [2.24, 2.45) is 0 Å². The molecule has 0 spiro atoms. The number of imide groups is 1. The van der Waals surface area contributed by atoms with Gasteiger partial charge in [-0.25, -0.2) is 0 Å². The Labute approximate surface area is 176 Å². The molecule has 1 aliphatic heterocycles. The van der Waals surface area contributed by atoms with Crippen molar-refractivity contribution in [1.82, 2.24) is 4.90 Å². The number of non-ortho nitro benzene ring substituents is 1. The lowest BCUT2D eigenvalue weighted by molar-refractivity contribution is -0.384. The van der Waals surface area contributed by atoms with Gasteiger partial charge in [-0.3, -0.25) is 29.4 Å². The Bertz CT molecular complexity index is 1030. The second-order valence-electron chi connectivity index (χ2n) is 6.73. The number of nitro benzene ring substituents is 1. The molecule has 0 unspecified atom stereocenters. The molecule has 2 aromatic carbocycles. The van der Waals surface area contributed by atoms with Gasteiger partial charge in [0, 0.05) is 17.7 Å². The van der Waals surface area contributed by atoms with Crippen molar-refractivity contribution >= 4 is 40.5 Å². The number of carbonyl (C=O) groups is 3. The van der Waals surface area contributed by atoms with Gasteiger partial charge in [0.2, 0.25) is 0 Å². The zero-order valence-electron chi connectivity index (χ0n) is 16.2. The molecule has 1 heterocycles. The number of ketones is 1. The van der Waals surface area contributed by atoms with Gasteiger partial charge in [-0.2, -0.15) is 0 Å². The van der Waals surface area contributed by atoms with Gasteiger partial charge in [-0.1, -0.05) is 12.1 Å². The molecule has 0 bridgehead atoms. The number of ether oxygens (including phenoxy) is 1. The topological polar surface area (TPSA) is 107 Å². The summed E-state index contributed by atoms with van der Waals surface area (Å²) in [5.74, 6) is -0.338. The van der Waals surface area contributed by atoms with Gasteiger partial charge in [0.05, 0.1) is 22.5 Å². The normalized spacial score (nSPS) is 15.2. The standard InChI is InChI=1S/C21H18N2O6S/c1-13(2)29-17-9-3-14(4-10-17)11-19-20(25)22(21(26)30-19)12-18(24)15-5-7-16(8-6-15)23(27)28/h3-11,13H,12H2,1-2H3/b19-11-. The monoisotopic (exact) mass is 426 g/mol. The molecule has 1 aliphatic rings. The minimum atomic E-state index is -0.572. The number of hydrogen-bond acceptors (Lipinski definition) is 7. The maximum absolute atomic E-state index is 12.6. The summed E-state index contributed by atoms with van der Waals surface area (Å²) in [5.41, 5.74) is 0.758. The Morgan fingerprint density at radius 3 is 2.33 bits per heavy atom. The highest BCUT2D eigenvalue weighted by molar-refractivity contribution is 8.18. The largest absolute Gasteiger partial charge is 0.491 e. The van der Waals surface area contributed by atoms with E-state index in [9.17, 15) is 24.5 Å². The average Bonchev–Trinajstić information content (AvgIpc) is 2.96. The van der Waals surface area contributed by atoms with Crippen molar-refractivity contribution < 1.29 is 24.0 Å². The van der Waals surface area contributed by atoms with Crippen molar-refractivity contribution in [2.45, 2.75) is 20.0 Å². The third-order valence-corrected chi connectivity index (χ3v) is 5.03. The molecule has 3 rings (SSSR count). The number of benzene rings is 2. The average molecular weight is 426 g/mol. The summed E-state index contributed by atoms with van der Waals surface area (Å²) in [7, 11) is 0. The maximum atomic E-state index is 12.6. The predicted molar refractivity (Wildman–Crippen MR) is 112 cm³/mol. The van der Waals surface area contributed by atoms with Crippen LogP contribution in [-0.4, -0.2) is 39.4 Å². The lowest BCUT2D eigenvalue weighted by Crippen LogP contribution is -2.33. The van der Waals surface area contributed by atoms with E-state index in [0.29, 0.717) is 5.75 Å². The van der Waals surface area contributed by atoms with Crippen LogP contribution in [0.15, 0.2) is 53.4 Å². The van der Waals surface area contributed by atoms with Crippen LogP contribution in [0.5, 0.6) is 5.75 Å². The van der Waals surface area contributed by atoms with E-state index in [2.05, 4.69) is 0 Å². The number of nitrogens with zero attached hydrogens (tertiary/aromatic N) is 2. The zero-order valence-corrected chi connectivity index (χ0v) is 17.0. The van der Waals surface area contributed by atoms with E-state index in [1.807, 2.05) is 13.8 Å². The number of amides is 2. The van der Waals surface area contributed by atoms with E-state index in [1.165, 1.54) is 24.3 Å². The molecule has 1 fully saturated rings. The Kier molecular flexibility index (Phi) is 6.31. The summed E-state index contributed by atoms with van der Waals surface area (Å²) >= 11 is 0.761. The molecule has 0 radical (unpaired) electrons. The zero-order chi connectivity index (χ0) is 21.8. The first-order valence-electron chi connectivity index (χ1n) is 9.04. The Hall–Kier alpha value is -3.46. The van der Waals surface area contributed by atoms with Crippen molar-refractivity contribution in [2.75, 3.05) is 6.54 Å². The molecule has 0 aliphatic carbocycles. The first-order valence-corrected chi connectivity index (χ1v) is 9.86. The number of carbonyl (C=O) groups excluding carboxylic acids is 3. The van der Waals surface area contributed by atoms with Gasteiger partial charge in [-0.05, 0) is 61.5 Å². The number of rotatable bonds is 7. The highest BCUT2D eigenvalue weighted by Crippen LogP contribution is 2.32. The van der Waals surface area contributed by atoms with Crippen LogP contribution in [0.25, 0.3) is 6.08 Å². The fourth-order valence-electron chi connectivity index (χ4n) is 2.71. The van der Waals surface area contributed by atoms with E-state index in [1.54, 1.807) is 30.3 Å². The van der Waals surface area contributed by atoms with E-state index in [0.717, 1.165) is 22.2 Å². The smallest absolute Gasteiger partial charge is 0.293 e. The van der Waals surface area contributed by atoms with Crippen LogP contribution in [0.4, 0.5) is 10.5 Å². The second kappa shape index (κ2) is 8.91. The molecule has 0 aromatic heterocycles. The number of hydrogen-bond donors (Lipinski definition) is 0. The second-order valence-corrected chi connectivity index (χ2v) is 7.72. The summed E-state index contributed by atoms with van der Waals surface area (Å²) in [6.45, 7) is 3.41.